The van der Waals surface area contributed by atoms with E-state index in [4.69, 9.17) is 9.47 Å². The molecule has 1 aliphatic heterocycles. The Bertz CT molecular complexity index is 652. The number of rotatable bonds is 4. The van der Waals surface area contributed by atoms with Gasteiger partial charge in [0.2, 0.25) is 5.88 Å². The monoisotopic (exact) mass is 475 g/mol. The third-order valence-corrected chi connectivity index (χ3v) is 5.01. The number of ether oxygens (including phenoxy) is 2. The first-order valence-corrected chi connectivity index (χ1v) is 9.73. The summed E-state index contributed by atoms with van der Waals surface area (Å²) < 4.78 is 11.3. The van der Waals surface area contributed by atoms with E-state index in [-0.39, 0.29) is 5.91 Å². The first kappa shape index (κ1) is 20.7. The van der Waals surface area contributed by atoms with Gasteiger partial charge in [-0.25, -0.2) is 9.78 Å². The van der Waals surface area contributed by atoms with E-state index >= 15 is 0 Å². The average Bonchev–Trinajstić information content (AvgIpc) is 2.58. The summed E-state index contributed by atoms with van der Waals surface area (Å²) in [5.74, 6) is 0.634. The molecule has 144 valence electrons. The highest BCUT2D eigenvalue weighted by Gasteiger charge is 2.28. The van der Waals surface area contributed by atoms with Crippen LogP contribution in [0.5, 0.6) is 5.88 Å². The minimum atomic E-state index is -0.500. The lowest BCUT2D eigenvalue weighted by Gasteiger charge is -2.32. The van der Waals surface area contributed by atoms with E-state index in [2.05, 4.69) is 32.9 Å². The summed E-state index contributed by atoms with van der Waals surface area (Å²) in [5, 5.41) is 2.82. The standard InChI is InChI=1S/C18H26IN3O4/c1-18(2,3)26-17(24)21-11-12-6-9-22(10-7-12)16(23)14-13(19)5-8-20-15(14)25-4/h5,8,12H,6-7,9-11H2,1-4H3,(H,21,24). The average molecular weight is 475 g/mol. The maximum atomic E-state index is 12.8. The van der Waals surface area contributed by atoms with E-state index < -0.39 is 11.7 Å². The largest absolute Gasteiger partial charge is 0.480 e. The van der Waals surface area contributed by atoms with Crippen LogP contribution < -0.4 is 10.1 Å². The fraction of sp³-hybridized carbons (Fsp3) is 0.611. The number of hydrogen-bond acceptors (Lipinski definition) is 5. The molecule has 7 nitrogen and oxygen atoms in total. The third kappa shape index (κ3) is 5.72. The molecule has 1 aromatic heterocycles. The van der Waals surface area contributed by atoms with Gasteiger partial charge in [-0.2, -0.15) is 0 Å². The molecule has 0 saturated carbocycles. The first-order chi connectivity index (χ1) is 12.2. The summed E-state index contributed by atoms with van der Waals surface area (Å²) in [6, 6.07) is 1.80. The highest BCUT2D eigenvalue weighted by Crippen LogP contribution is 2.25. The Morgan fingerprint density at radius 1 is 1.35 bits per heavy atom. The number of alkyl carbamates (subject to hydrolysis) is 1. The van der Waals surface area contributed by atoms with E-state index in [9.17, 15) is 9.59 Å². The fourth-order valence-corrected chi connectivity index (χ4v) is 3.43. The van der Waals surface area contributed by atoms with Crippen LogP contribution in [0.25, 0.3) is 0 Å². The van der Waals surface area contributed by atoms with Crippen LogP contribution in [0, 0.1) is 9.49 Å². The number of carbonyl (C=O) groups excluding carboxylic acids is 2. The van der Waals surface area contributed by atoms with Gasteiger partial charge in [-0.3, -0.25) is 4.79 Å². The minimum Gasteiger partial charge on any atom is -0.480 e. The van der Waals surface area contributed by atoms with Crippen molar-refractivity contribution in [3.8, 4) is 5.88 Å². The van der Waals surface area contributed by atoms with Gasteiger partial charge in [0.05, 0.1) is 7.11 Å². The van der Waals surface area contributed by atoms with Crippen molar-refractivity contribution in [2.24, 2.45) is 5.92 Å². The molecule has 0 atom stereocenters. The number of nitrogens with zero attached hydrogens (tertiary/aromatic N) is 2. The van der Waals surface area contributed by atoms with E-state index in [1.165, 1.54) is 7.11 Å². The lowest BCUT2D eigenvalue weighted by molar-refractivity contribution is 0.0499. The molecule has 0 aromatic carbocycles. The van der Waals surface area contributed by atoms with Crippen molar-refractivity contribution in [2.75, 3.05) is 26.7 Å². The van der Waals surface area contributed by atoms with Crippen LogP contribution in [0.4, 0.5) is 4.79 Å². The highest BCUT2D eigenvalue weighted by molar-refractivity contribution is 14.1. The highest BCUT2D eigenvalue weighted by atomic mass is 127. The molecule has 1 saturated heterocycles. The molecule has 0 unspecified atom stereocenters. The zero-order valence-corrected chi connectivity index (χ0v) is 17.8. The maximum Gasteiger partial charge on any atom is 0.407 e. The van der Waals surface area contributed by atoms with Crippen molar-refractivity contribution >= 4 is 34.6 Å². The number of amides is 2. The molecule has 1 fully saturated rings. The molecular weight excluding hydrogens is 449 g/mol. The molecule has 0 radical (unpaired) electrons. The number of carbonyl (C=O) groups is 2. The van der Waals surface area contributed by atoms with Crippen LogP contribution in [0.3, 0.4) is 0 Å². The predicted octanol–water partition coefficient (Wildman–Crippen LogP) is 3.07. The van der Waals surface area contributed by atoms with Crippen molar-refractivity contribution < 1.29 is 19.1 Å². The van der Waals surface area contributed by atoms with E-state index in [1.54, 1.807) is 12.3 Å². The van der Waals surface area contributed by atoms with Gasteiger partial charge in [-0.05, 0) is 68.2 Å². The molecule has 2 amide bonds. The second-order valence-electron chi connectivity index (χ2n) is 7.30. The molecule has 1 N–H and O–H groups in total. The van der Waals surface area contributed by atoms with Gasteiger partial charge in [0, 0.05) is 29.4 Å². The fourth-order valence-electron chi connectivity index (χ4n) is 2.81. The van der Waals surface area contributed by atoms with Crippen LogP contribution in [0.15, 0.2) is 12.3 Å². The van der Waals surface area contributed by atoms with Crippen molar-refractivity contribution in [1.29, 1.82) is 0 Å². The summed E-state index contributed by atoms with van der Waals surface area (Å²) in [6.07, 6.45) is 2.90. The minimum absolute atomic E-state index is 0.0575. The second kappa shape index (κ2) is 8.88. The number of likely N-dealkylation sites (tertiary alicyclic amines) is 1. The van der Waals surface area contributed by atoms with Crippen LogP contribution in [-0.2, 0) is 4.74 Å². The number of halogens is 1. The first-order valence-electron chi connectivity index (χ1n) is 8.66. The van der Waals surface area contributed by atoms with E-state index in [0.717, 1.165) is 16.4 Å². The van der Waals surface area contributed by atoms with Crippen molar-refractivity contribution in [3.05, 3.63) is 21.4 Å². The molecule has 26 heavy (non-hydrogen) atoms. The Morgan fingerprint density at radius 2 is 2.00 bits per heavy atom. The predicted molar refractivity (Wildman–Crippen MR) is 106 cm³/mol. The molecule has 1 aliphatic rings. The van der Waals surface area contributed by atoms with Gasteiger partial charge >= 0.3 is 6.09 Å². The van der Waals surface area contributed by atoms with Gasteiger partial charge in [0.15, 0.2) is 0 Å². The van der Waals surface area contributed by atoms with Gasteiger partial charge in [-0.1, -0.05) is 0 Å². The summed E-state index contributed by atoms with van der Waals surface area (Å²) in [4.78, 5) is 30.5. The summed E-state index contributed by atoms with van der Waals surface area (Å²) >= 11 is 2.13. The Morgan fingerprint density at radius 3 is 2.58 bits per heavy atom. The number of pyridine rings is 1. The lowest BCUT2D eigenvalue weighted by atomic mass is 9.96. The summed E-state index contributed by atoms with van der Waals surface area (Å²) in [6.45, 7) is 7.37. The molecule has 0 aliphatic carbocycles. The maximum absolute atomic E-state index is 12.8. The smallest absolute Gasteiger partial charge is 0.407 e. The molecule has 8 heteroatoms. The number of methoxy groups -OCH3 is 1. The van der Waals surface area contributed by atoms with Crippen LogP contribution >= 0.6 is 22.6 Å². The topological polar surface area (TPSA) is 80.8 Å². The van der Waals surface area contributed by atoms with E-state index in [1.807, 2.05) is 25.7 Å². The van der Waals surface area contributed by atoms with Crippen molar-refractivity contribution in [2.45, 2.75) is 39.2 Å². The van der Waals surface area contributed by atoms with Crippen molar-refractivity contribution in [3.63, 3.8) is 0 Å². The SMILES string of the molecule is COc1nccc(I)c1C(=O)N1CCC(CNC(=O)OC(C)(C)C)CC1. The van der Waals surface area contributed by atoms with E-state index in [0.29, 0.717) is 37.0 Å². The Hall–Kier alpha value is -1.58. The van der Waals surface area contributed by atoms with Crippen LogP contribution in [0.2, 0.25) is 0 Å². The zero-order valence-electron chi connectivity index (χ0n) is 15.7. The summed E-state index contributed by atoms with van der Waals surface area (Å²) in [7, 11) is 1.52. The molecular formula is C18H26IN3O4. The summed E-state index contributed by atoms with van der Waals surface area (Å²) in [5.41, 5.74) is 0.0145. The van der Waals surface area contributed by atoms with Gasteiger partial charge in [-0.15, -0.1) is 0 Å². The van der Waals surface area contributed by atoms with Crippen LogP contribution in [-0.4, -0.2) is 54.2 Å². The number of nitrogens with one attached hydrogen (secondary N) is 1. The molecule has 2 rings (SSSR count). The van der Waals surface area contributed by atoms with Gasteiger partial charge in [0.1, 0.15) is 11.2 Å². The normalized spacial score (nSPS) is 15.5. The molecule has 1 aromatic rings. The number of hydrogen-bond donors (Lipinski definition) is 1. The van der Waals surface area contributed by atoms with Crippen molar-refractivity contribution in [1.82, 2.24) is 15.2 Å². The number of aromatic nitrogens is 1. The third-order valence-electron chi connectivity index (χ3n) is 4.11. The van der Waals surface area contributed by atoms with Gasteiger partial charge in [0.25, 0.3) is 5.91 Å². The number of piperidine rings is 1. The molecule has 2 heterocycles. The Balaban J connectivity index is 1.87. The zero-order chi connectivity index (χ0) is 19.3. The van der Waals surface area contributed by atoms with Crippen LogP contribution in [0.1, 0.15) is 44.0 Å². The molecule has 0 spiro atoms. The van der Waals surface area contributed by atoms with Gasteiger partial charge < -0.3 is 19.7 Å². The molecule has 0 bridgehead atoms. The quantitative estimate of drug-likeness (QED) is 0.678. The second-order valence-corrected chi connectivity index (χ2v) is 8.46. The Kier molecular flexibility index (Phi) is 7.08. The Labute approximate surface area is 168 Å². The lowest BCUT2D eigenvalue weighted by Crippen LogP contribution is -2.42.